The van der Waals surface area contributed by atoms with Gasteiger partial charge in [-0.2, -0.15) is 0 Å². The second-order valence-corrected chi connectivity index (χ2v) is 1.63. The number of hydrogen-bond donors (Lipinski definition) is 2. The zero-order valence-electron chi connectivity index (χ0n) is 5.00. The van der Waals surface area contributed by atoms with Crippen LogP contribution in [0.1, 0.15) is 10.6 Å². The molecule has 0 saturated carbocycles. The van der Waals surface area contributed by atoms with Crippen LogP contribution in [0.3, 0.4) is 0 Å². The van der Waals surface area contributed by atoms with Gasteiger partial charge in [0.15, 0.2) is 5.82 Å². The Morgan fingerprint density at radius 2 is 2.30 bits per heavy atom. The minimum atomic E-state index is -1.00. The van der Waals surface area contributed by atoms with Crippen molar-refractivity contribution in [2.24, 2.45) is 5.73 Å². The smallest absolute Gasteiger partial charge is 0.293 e. The highest BCUT2D eigenvalue weighted by Gasteiger charge is 2.13. The average Bonchev–Trinajstić information content (AvgIpc) is 2.36. The number of carbonyl (C=O) groups is 2. The lowest BCUT2D eigenvalue weighted by molar-refractivity contribution is -0.114. The maximum absolute atomic E-state index is 10.6. The number of aromatic nitrogens is 2. The van der Waals surface area contributed by atoms with Crippen molar-refractivity contribution >= 4 is 11.7 Å². The molecule has 52 valence electrons. The first-order valence-corrected chi connectivity index (χ1v) is 2.55. The van der Waals surface area contributed by atoms with Crippen LogP contribution in [-0.4, -0.2) is 21.7 Å². The quantitative estimate of drug-likeness (QED) is 0.410. The molecule has 0 atom stereocenters. The van der Waals surface area contributed by atoms with Gasteiger partial charge in [0, 0.05) is 12.4 Å². The van der Waals surface area contributed by atoms with E-state index in [1.807, 2.05) is 0 Å². The number of ketones is 1. The number of Topliss-reactive ketones (excluding diaryl/α,β-unsaturated/α-hetero) is 1. The number of carbonyl (C=O) groups excluding carboxylic acids is 2. The Morgan fingerprint density at radius 3 is 2.70 bits per heavy atom. The fourth-order valence-electron chi connectivity index (χ4n) is 0.506. The normalized spacial score (nSPS) is 9.20. The summed E-state index contributed by atoms with van der Waals surface area (Å²) in [5.41, 5.74) is 4.68. The van der Waals surface area contributed by atoms with Gasteiger partial charge < -0.3 is 10.7 Å². The van der Waals surface area contributed by atoms with Crippen LogP contribution >= 0.6 is 0 Å². The molecule has 0 saturated heterocycles. The molecule has 0 aliphatic heterocycles. The number of nitrogens with one attached hydrogen (secondary N) is 1. The molecule has 1 heterocycles. The summed E-state index contributed by atoms with van der Waals surface area (Å²) >= 11 is 0. The number of nitrogens with zero attached hydrogens (tertiary/aromatic N) is 1. The monoisotopic (exact) mass is 139 g/mol. The van der Waals surface area contributed by atoms with Crippen molar-refractivity contribution in [3.8, 4) is 0 Å². The maximum Gasteiger partial charge on any atom is 0.293 e. The van der Waals surface area contributed by atoms with E-state index >= 15 is 0 Å². The van der Waals surface area contributed by atoms with Crippen molar-refractivity contribution < 1.29 is 9.59 Å². The minimum absolute atomic E-state index is 0.0208. The van der Waals surface area contributed by atoms with Crippen LogP contribution in [-0.2, 0) is 4.79 Å². The molecule has 1 amide bonds. The molecule has 1 aromatic rings. The van der Waals surface area contributed by atoms with E-state index < -0.39 is 11.7 Å². The Morgan fingerprint density at radius 1 is 1.60 bits per heavy atom. The van der Waals surface area contributed by atoms with Crippen molar-refractivity contribution in [1.82, 2.24) is 9.97 Å². The standard InChI is InChI=1S/C5H5N3O2/c6-4(10)3(9)5-7-1-2-8-5/h1-2H,(H2,6,10)(H,7,8). The van der Waals surface area contributed by atoms with Gasteiger partial charge in [-0.05, 0) is 0 Å². The molecule has 0 unspecified atom stereocenters. The molecule has 0 aliphatic rings. The third kappa shape index (κ3) is 1.02. The highest BCUT2D eigenvalue weighted by atomic mass is 16.2. The topological polar surface area (TPSA) is 88.8 Å². The summed E-state index contributed by atoms with van der Waals surface area (Å²) in [7, 11) is 0. The van der Waals surface area contributed by atoms with E-state index in [9.17, 15) is 9.59 Å². The van der Waals surface area contributed by atoms with Gasteiger partial charge in [0.2, 0.25) is 0 Å². The molecule has 1 aromatic heterocycles. The van der Waals surface area contributed by atoms with Crippen molar-refractivity contribution in [3.63, 3.8) is 0 Å². The lowest BCUT2D eigenvalue weighted by atomic mass is 10.4. The van der Waals surface area contributed by atoms with Crippen molar-refractivity contribution in [2.45, 2.75) is 0 Å². The molecule has 1 rings (SSSR count). The van der Waals surface area contributed by atoms with Gasteiger partial charge in [-0.3, -0.25) is 9.59 Å². The average molecular weight is 139 g/mol. The Kier molecular flexibility index (Phi) is 1.49. The molecule has 0 fully saturated rings. The first-order valence-electron chi connectivity index (χ1n) is 2.55. The number of nitrogens with two attached hydrogens (primary N) is 1. The van der Waals surface area contributed by atoms with Gasteiger partial charge in [0.05, 0.1) is 0 Å². The fraction of sp³-hybridized carbons (Fsp3) is 0. The van der Waals surface area contributed by atoms with E-state index in [0.717, 1.165) is 0 Å². The van der Waals surface area contributed by atoms with Gasteiger partial charge in [-0.15, -0.1) is 0 Å². The van der Waals surface area contributed by atoms with Crippen LogP contribution in [0.25, 0.3) is 0 Å². The predicted molar refractivity (Wildman–Crippen MR) is 32.1 cm³/mol. The summed E-state index contributed by atoms with van der Waals surface area (Å²) in [6.07, 6.45) is 2.81. The molecular formula is C5H5N3O2. The number of rotatable bonds is 2. The van der Waals surface area contributed by atoms with E-state index in [1.165, 1.54) is 12.4 Å². The van der Waals surface area contributed by atoms with Crippen molar-refractivity contribution in [2.75, 3.05) is 0 Å². The molecular weight excluding hydrogens is 134 g/mol. The van der Waals surface area contributed by atoms with Crippen LogP contribution < -0.4 is 5.73 Å². The molecule has 0 aliphatic carbocycles. The Balaban J connectivity index is 2.88. The minimum Gasteiger partial charge on any atom is -0.363 e. The molecule has 5 nitrogen and oxygen atoms in total. The zero-order valence-corrected chi connectivity index (χ0v) is 5.00. The van der Waals surface area contributed by atoms with Crippen molar-refractivity contribution in [1.29, 1.82) is 0 Å². The Bertz CT molecular complexity index is 252. The number of H-pyrrole nitrogens is 1. The summed E-state index contributed by atoms with van der Waals surface area (Å²) in [6, 6.07) is 0. The molecule has 10 heavy (non-hydrogen) atoms. The zero-order chi connectivity index (χ0) is 7.56. The van der Waals surface area contributed by atoms with Crippen LogP contribution in [0.4, 0.5) is 0 Å². The largest absolute Gasteiger partial charge is 0.363 e. The summed E-state index contributed by atoms with van der Waals surface area (Å²) in [4.78, 5) is 26.8. The molecule has 0 spiro atoms. The molecule has 5 heteroatoms. The fourth-order valence-corrected chi connectivity index (χ4v) is 0.506. The molecule has 0 radical (unpaired) electrons. The van der Waals surface area contributed by atoms with Gasteiger partial charge in [-0.1, -0.05) is 0 Å². The number of imidazole rings is 1. The Hall–Kier alpha value is -1.65. The van der Waals surface area contributed by atoms with Crippen LogP contribution in [0.5, 0.6) is 0 Å². The lowest BCUT2D eigenvalue weighted by Gasteiger charge is -1.86. The molecule has 3 N–H and O–H groups in total. The number of aromatic amines is 1. The van der Waals surface area contributed by atoms with E-state index in [2.05, 4.69) is 15.7 Å². The third-order valence-corrected chi connectivity index (χ3v) is 0.937. The lowest BCUT2D eigenvalue weighted by Crippen LogP contribution is -2.23. The number of hydrogen-bond acceptors (Lipinski definition) is 3. The molecule has 0 aromatic carbocycles. The Labute approximate surface area is 56.3 Å². The summed E-state index contributed by atoms with van der Waals surface area (Å²) in [5.74, 6) is -1.83. The first-order chi connectivity index (χ1) is 4.72. The van der Waals surface area contributed by atoms with E-state index in [4.69, 9.17) is 0 Å². The van der Waals surface area contributed by atoms with Crippen LogP contribution in [0.2, 0.25) is 0 Å². The van der Waals surface area contributed by atoms with E-state index in [-0.39, 0.29) is 5.82 Å². The van der Waals surface area contributed by atoms with E-state index in [1.54, 1.807) is 0 Å². The maximum atomic E-state index is 10.6. The van der Waals surface area contributed by atoms with Crippen LogP contribution in [0, 0.1) is 0 Å². The van der Waals surface area contributed by atoms with Crippen molar-refractivity contribution in [3.05, 3.63) is 18.2 Å². The van der Waals surface area contributed by atoms with Gasteiger partial charge in [0.25, 0.3) is 11.7 Å². The highest BCUT2D eigenvalue weighted by Crippen LogP contribution is 1.88. The summed E-state index contributed by atoms with van der Waals surface area (Å²) in [6.45, 7) is 0. The first kappa shape index (κ1) is 6.47. The van der Waals surface area contributed by atoms with E-state index in [0.29, 0.717) is 0 Å². The highest BCUT2D eigenvalue weighted by molar-refractivity contribution is 6.41. The number of amides is 1. The molecule has 0 bridgehead atoms. The van der Waals surface area contributed by atoms with Gasteiger partial charge in [-0.25, -0.2) is 4.98 Å². The second kappa shape index (κ2) is 2.30. The van der Waals surface area contributed by atoms with Crippen LogP contribution in [0.15, 0.2) is 12.4 Å². The second-order valence-electron chi connectivity index (χ2n) is 1.63. The predicted octanol–water partition coefficient (Wildman–Crippen LogP) is -0.922. The number of primary amides is 1. The van der Waals surface area contributed by atoms with Gasteiger partial charge >= 0.3 is 0 Å². The summed E-state index contributed by atoms with van der Waals surface area (Å²) in [5, 5.41) is 0. The summed E-state index contributed by atoms with van der Waals surface area (Å²) < 4.78 is 0. The SMILES string of the molecule is NC(=O)C(=O)c1ncc[nH]1. The third-order valence-electron chi connectivity index (χ3n) is 0.937. The van der Waals surface area contributed by atoms with Gasteiger partial charge in [0.1, 0.15) is 0 Å².